The van der Waals surface area contributed by atoms with E-state index < -0.39 is 5.97 Å². The summed E-state index contributed by atoms with van der Waals surface area (Å²) >= 11 is 0. The predicted molar refractivity (Wildman–Crippen MR) is 86.1 cm³/mol. The maximum Gasteiger partial charge on any atom is 0.307 e. The summed E-state index contributed by atoms with van der Waals surface area (Å²) in [6.45, 7) is 0. The molecular weight excluding hydrogens is 294 g/mol. The van der Waals surface area contributed by atoms with Crippen molar-refractivity contribution in [1.29, 1.82) is 0 Å². The Balaban J connectivity index is 2.18. The summed E-state index contributed by atoms with van der Waals surface area (Å²) in [4.78, 5) is 27.0. The summed E-state index contributed by atoms with van der Waals surface area (Å²) in [7, 11) is 1.55. The molecule has 1 heterocycles. The van der Waals surface area contributed by atoms with E-state index in [0.29, 0.717) is 33.5 Å². The summed E-state index contributed by atoms with van der Waals surface area (Å²) in [6, 6.07) is 14.1. The maximum absolute atomic E-state index is 12.7. The molecule has 0 aliphatic rings. The molecule has 0 spiro atoms. The molecule has 0 saturated carbocycles. The number of rotatable bonds is 5. The van der Waals surface area contributed by atoms with E-state index in [9.17, 15) is 14.7 Å². The zero-order valence-corrected chi connectivity index (χ0v) is 12.5. The monoisotopic (exact) mass is 309 g/mol. The Labute approximate surface area is 132 Å². The van der Waals surface area contributed by atoms with E-state index in [0.717, 1.165) is 0 Å². The molecule has 23 heavy (non-hydrogen) atoms. The third kappa shape index (κ3) is 2.81. The third-order valence-electron chi connectivity index (χ3n) is 3.70. The van der Waals surface area contributed by atoms with Gasteiger partial charge in [-0.05, 0) is 12.1 Å². The number of carboxylic acids is 1. The number of ketones is 1. The fraction of sp³-hybridized carbons (Fsp3) is 0.111. The molecule has 0 fully saturated rings. The Morgan fingerprint density at radius 1 is 1.13 bits per heavy atom. The number of carboxylic acid groups (broad SMARTS) is 1. The number of carbonyl (C=O) groups excluding carboxylic acids is 1. The van der Waals surface area contributed by atoms with Crippen LogP contribution in [0.1, 0.15) is 21.6 Å². The number of aromatic nitrogens is 1. The van der Waals surface area contributed by atoms with Gasteiger partial charge in [0.2, 0.25) is 5.78 Å². The Morgan fingerprint density at radius 3 is 2.52 bits per heavy atom. The molecule has 0 aliphatic heterocycles. The van der Waals surface area contributed by atoms with Crippen molar-refractivity contribution in [3.8, 4) is 5.75 Å². The highest BCUT2D eigenvalue weighted by Crippen LogP contribution is 2.28. The van der Waals surface area contributed by atoms with Gasteiger partial charge in [0.25, 0.3) is 0 Å². The summed E-state index contributed by atoms with van der Waals surface area (Å²) in [5.41, 5.74) is 1.99. The van der Waals surface area contributed by atoms with Gasteiger partial charge in [0.15, 0.2) is 0 Å². The molecule has 0 atom stereocenters. The molecule has 0 bridgehead atoms. The second-order valence-corrected chi connectivity index (χ2v) is 5.16. The van der Waals surface area contributed by atoms with E-state index in [1.54, 1.807) is 49.6 Å². The number of methoxy groups -OCH3 is 1. The van der Waals surface area contributed by atoms with Gasteiger partial charge in [0.05, 0.1) is 19.2 Å². The van der Waals surface area contributed by atoms with Gasteiger partial charge in [0, 0.05) is 28.1 Å². The number of hydrogen-bond donors (Lipinski definition) is 2. The average Bonchev–Trinajstić information content (AvgIpc) is 2.92. The lowest BCUT2D eigenvalue weighted by Crippen LogP contribution is -2.08. The fourth-order valence-electron chi connectivity index (χ4n) is 2.62. The summed E-state index contributed by atoms with van der Waals surface area (Å²) in [5, 5.41) is 9.89. The number of aliphatic carboxylic acids is 1. The molecule has 3 rings (SSSR count). The Kier molecular flexibility index (Phi) is 3.85. The van der Waals surface area contributed by atoms with Crippen molar-refractivity contribution in [3.63, 3.8) is 0 Å². The number of fused-ring (bicyclic) bond motifs is 1. The van der Waals surface area contributed by atoms with Crippen LogP contribution in [-0.4, -0.2) is 29.0 Å². The lowest BCUT2D eigenvalue weighted by atomic mass is 10.0. The molecular formula is C18H15NO4. The highest BCUT2D eigenvalue weighted by atomic mass is 16.5. The van der Waals surface area contributed by atoms with Crippen molar-refractivity contribution >= 4 is 22.7 Å². The lowest BCUT2D eigenvalue weighted by Gasteiger charge is -2.02. The molecule has 5 nitrogen and oxygen atoms in total. The Bertz CT molecular complexity index is 881. The summed E-state index contributed by atoms with van der Waals surface area (Å²) in [6.07, 6.45) is -0.222. The van der Waals surface area contributed by atoms with Crippen molar-refractivity contribution in [1.82, 2.24) is 4.98 Å². The first-order valence-corrected chi connectivity index (χ1v) is 7.10. The van der Waals surface area contributed by atoms with E-state index in [2.05, 4.69) is 4.98 Å². The third-order valence-corrected chi connectivity index (χ3v) is 3.70. The molecule has 5 heteroatoms. The Hall–Kier alpha value is -3.08. The fourth-order valence-corrected chi connectivity index (χ4v) is 2.62. The van der Waals surface area contributed by atoms with Gasteiger partial charge >= 0.3 is 5.97 Å². The first-order valence-electron chi connectivity index (χ1n) is 7.10. The molecule has 0 saturated heterocycles. The number of nitrogens with one attached hydrogen (secondary N) is 1. The smallest absolute Gasteiger partial charge is 0.307 e. The highest BCUT2D eigenvalue weighted by Gasteiger charge is 2.21. The number of benzene rings is 2. The van der Waals surface area contributed by atoms with Gasteiger partial charge in [-0.15, -0.1) is 0 Å². The van der Waals surface area contributed by atoms with E-state index in [1.165, 1.54) is 0 Å². The molecule has 116 valence electrons. The van der Waals surface area contributed by atoms with Gasteiger partial charge in [-0.25, -0.2) is 0 Å². The highest BCUT2D eigenvalue weighted by molar-refractivity contribution is 6.12. The molecule has 0 unspecified atom stereocenters. The van der Waals surface area contributed by atoms with Crippen LogP contribution in [0.2, 0.25) is 0 Å². The maximum atomic E-state index is 12.7. The van der Waals surface area contributed by atoms with Crippen molar-refractivity contribution in [2.24, 2.45) is 0 Å². The van der Waals surface area contributed by atoms with E-state index in [-0.39, 0.29) is 12.2 Å². The van der Waals surface area contributed by atoms with E-state index in [1.807, 2.05) is 6.07 Å². The van der Waals surface area contributed by atoms with Crippen LogP contribution in [-0.2, 0) is 11.2 Å². The first-order chi connectivity index (χ1) is 11.1. The molecule has 2 aromatic carbocycles. The molecule has 0 radical (unpaired) electrons. The first kappa shape index (κ1) is 14.8. The molecule has 3 aromatic rings. The molecule has 0 aliphatic carbocycles. The summed E-state index contributed by atoms with van der Waals surface area (Å²) in [5.74, 6) is -0.569. The van der Waals surface area contributed by atoms with Crippen LogP contribution < -0.4 is 4.74 Å². The number of ether oxygens (including phenoxy) is 1. The minimum absolute atomic E-state index is 0.222. The van der Waals surface area contributed by atoms with Crippen molar-refractivity contribution < 1.29 is 19.4 Å². The number of aromatic amines is 1. The van der Waals surface area contributed by atoms with Gasteiger partial charge in [-0.2, -0.15) is 0 Å². The van der Waals surface area contributed by atoms with Gasteiger partial charge in [-0.3, -0.25) is 9.59 Å². The second kappa shape index (κ2) is 5.96. The quantitative estimate of drug-likeness (QED) is 0.710. The second-order valence-electron chi connectivity index (χ2n) is 5.16. The van der Waals surface area contributed by atoms with Crippen molar-refractivity contribution in [3.05, 3.63) is 65.4 Å². The van der Waals surface area contributed by atoms with Crippen LogP contribution in [0.4, 0.5) is 0 Å². The van der Waals surface area contributed by atoms with Crippen LogP contribution in [0.5, 0.6) is 5.75 Å². The molecule has 0 amide bonds. The van der Waals surface area contributed by atoms with E-state index >= 15 is 0 Å². The predicted octanol–water partition coefficient (Wildman–Crippen LogP) is 3.03. The number of carbonyl (C=O) groups is 2. The van der Waals surface area contributed by atoms with Crippen molar-refractivity contribution in [2.75, 3.05) is 7.11 Å². The van der Waals surface area contributed by atoms with Crippen molar-refractivity contribution in [2.45, 2.75) is 6.42 Å². The van der Waals surface area contributed by atoms with Crippen LogP contribution in [0, 0.1) is 0 Å². The van der Waals surface area contributed by atoms with E-state index in [4.69, 9.17) is 4.74 Å². The number of hydrogen-bond acceptors (Lipinski definition) is 3. The van der Waals surface area contributed by atoms with Gasteiger partial charge in [0.1, 0.15) is 5.75 Å². The van der Waals surface area contributed by atoms with Gasteiger partial charge in [-0.1, -0.05) is 30.3 Å². The zero-order valence-electron chi connectivity index (χ0n) is 12.5. The molecule has 2 N–H and O–H groups in total. The topological polar surface area (TPSA) is 79.4 Å². The minimum atomic E-state index is -0.983. The van der Waals surface area contributed by atoms with Gasteiger partial charge < -0.3 is 14.8 Å². The zero-order chi connectivity index (χ0) is 16.4. The van der Waals surface area contributed by atoms with Crippen LogP contribution in [0.15, 0.2) is 48.5 Å². The SMILES string of the molecule is COc1ccc2c(CC(=O)O)c(C(=O)c3ccccc3)[nH]c2c1. The lowest BCUT2D eigenvalue weighted by molar-refractivity contribution is -0.136. The van der Waals surface area contributed by atoms with Crippen LogP contribution >= 0.6 is 0 Å². The normalized spacial score (nSPS) is 10.7. The van der Waals surface area contributed by atoms with Crippen LogP contribution in [0.25, 0.3) is 10.9 Å². The largest absolute Gasteiger partial charge is 0.497 e. The van der Waals surface area contributed by atoms with Crippen LogP contribution in [0.3, 0.4) is 0 Å². The minimum Gasteiger partial charge on any atom is -0.497 e. The average molecular weight is 309 g/mol. The Morgan fingerprint density at radius 2 is 1.87 bits per heavy atom. The standard InChI is InChI=1S/C18H15NO4/c1-23-12-7-8-13-14(10-16(20)21)17(19-15(13)9-12)18(22)11-5-3-2-4-6-11/h2-9,19H,10H2,1H3,(H,20,21). The molecule has 1 aromatic heterocycles. The summed E-state index contributed by atoms with van der Waals surface area (Å²) < 4.78 is 5.18. The number of H-pyrrole nitrogens is 1.